The van der Waals surface area contributed by atoms with E-state index >= 15 is 0 Å². The molecule has 0 aromatic carbocycles. The van der Waals surface area contributed by atoms with Gasteiger partial charge in [-0.2, -0.15) is 12.7 Å². The van der Waals surface area contributed by atoms with Crippen LogP contribution in [0.5, 0.6) is 5.88 Å². The molecule has 1 amide bonds. The van der Waals surface area contributed by atoms with Gasteiger partial charge in [0.1, 0.15) is 5.82 Å². The van der Waals surface area contributed by atoms with Crippen LogP contribution in [-0.2, 0) is 10.2 Å². The molecular formula is C24H37N7O4S. The third-order valence-electron chi connectivity index (χ3n) is 6.55. The summed E-state index contributed by atoms with van der Waals surface area (Å²) in [5.74, 6) is 1.44. The SMILES string of the molecule is CC(C)COc1ccn(-c2ccc(C(=O)NS(=O)(=O)N3CC[C@H](N)C3)c(N3C[C@@H](C)CC3(C)C)n2)n1. The first kappa shape index (κ1) is 26.4. The number of carbonyl (C=O) groups excluding carboxylic acids is 1. The van der Waals surface area contributed by atoms with Gasteiger partial charge in [-0.3, -0.25) is 4.79 Å². The van der Waals surface area contributed by atoms with Gasteiger partial charge < -0.3 is 15.4 Å². The minimum absolute atomic E-state index is 0.184. The van der Waals surface area contributed by atoms with Crippen molar-refractivity contribution in [2.24, 2.45) is 17.6 Å². The fourth-order valence-electron chi connectivity index (χ4n) is 4.88. The third-order valence-corrected chi connectivity index (χ3v) is 8.00. The number of amides is 1. The van der Waals surface area contributed by atoms with Crippen LogP contribution in [0.1, 0.15) is 57.8 Å². The van der Waals surface area contributed by atoms with Gasteiger partial charge in [0.25, 0.3) is 5.91 Å². The number of nitrogens with zero attached hydrogens (tertiary/aromatic N) is 5. The van der Waals surface area contributed by atoms with Crippen LogP contribution >= 0.6 is 0 Å². The van der Waals surface area contributed by atoms with Crippen molar-refractivity contribution in [3.8, 4) is 11.7 Å². The predicted molar refractivity (Wildman–Crippen MR) is 137 cm³/mol. The van der Waals surface area contributed by atoms with Gasteiger partial charge in [0.2, 0.25) is 5.88 Å². The Morgan fingerprint density at radius 1 is 1.28 bits per heavy atom. The highest BCUT2D eigenvalue weighted by molar-refractivity contribution is 7.87. The normalized spacial score (nSPS) is 22.4. The highest BCUT2D eigenvalue weighted by atomic mass is 32.2. The summed E-state index contributed by atoms with van der Waals surface area (Å²) in [5, 5.41) is 4.46. The third kappa shape index (κ3) is 5.65. The number of hydrogen-bond acceptors (Lipinski definition) is 8. The van der Waals surface area contributed by atoms with Gasteiger partial charge in [-0.05, 0) is 50.7 Å². The Labute approximate surface area is 213 Å². The molecule has 2 aliphatic heterocycles. The minimum Gasteiger partial charge on any atom is -0.476 e. The Kier molecular flexibility index (Phi) is 7.31. The topological polar surface area (TPSA) is 136 Å². The van der Waals surface area contributed by atoms with Crippen molar-refractivity contribution in [1.82, 2.24) is 23.8 Å². The Morgan fingerprint density at radius 3 is 2.64 bits per heavy atom. The van der Waals surface area contributed by atoms with Gasteiger partial charge in [0, 0.05) is 43.5 Å². The van der Waals surface area contributed by atoms with E-state index in [4.69, 9.17) is 15.5 Å². The minimum atomic E-state index is -4.02. The van der Waals surface area contributed by atoms with Crippen LogP contribution in [0.3, 0.4) is 0 Å². The second-order valence-corrected chi connectivity index (χ2v) is 12.6. The number of carbonyl (C=O) groups is 1. The van der Waals surface area contributed by atoms with E-state index in [0.717, 1.165) is 6.42 Å². The van der Waals surface area contributed by atoms with Gasteiger partial charge in [0.15, 0.2) is 5.82 Å². The maximum Gasteiger partial charge on any atom is 0.304 e. The predicted octanol–water partition coefficient (Wildman–Crippen LogP) is 1.93. The summed E-state index contributed by atoms with van der Waals surface area (Å²) >= 11 is 0. The summed E-state index contributed by atoms with van der Waals surface area (Å²) in [6.07, 6.45) is 3.22. The summed E-state index contributed by atoms with van der Waals surface area (Å²) < 4.78 is 36.4. The second-order valence-electron chi connectivity index (χ2n) is 10.9. The Hall–Kier alpha value is -2.70. The van der Waals surface area contributed by atoms with Crippen LogP contribution in [0.4, 0.5) is 5.82 Å². The molecule has 0 radical (unpaired) electrons. The summed E-state index contributed by atoms with van der Waals surface area (Å²) in [7, 11) is -4.02. The van der Waals surface area contributed by atoms with E-state index in [0.29, 0.717) is 48.9 Å². The fraction of sp³-hybridized carbons (Fsp3) is 0.625. The summed E-state index contributed by atoms with van der Waals surface area (Å²) in [4.78, 5) is 20.2. The molecule has 4 heterocycles. The molecule has 2 aliphatic rings. The molecule has 0 unspecified atom stereocenters. The van der Waals surface area contributed by atoms with E-state index in [1.807, 2.05) is 0 Å². The van der Waals surface area contributed by atoms with Crippen molar-refractivity contribution in [3.05, 3.63) is 30.0 Å². The van der Waals surface area contributed by atoms with Crippen LogP contribution in [-0.4, -0.2) is 71.2 Å². The molecule has 36 heavy (non-hydrogen) atoms. The molecule has 2 atom stereocenters. The standard InChI is InChI=1S/C24H37N7O4S/c1-16(2)15-35-21-9-11-31(27-21)20-7-6-19(22(26-20)30-13-17(3)12-24(30,4)5)23(32)28-36(33,34)29-10-8-18(25)14-29/h6-7,9,11,16-18H,8,10,12-15,25H2,1-5H3,(H,28,32)/t17-,18-/m0/s1. The zero-order chi connectivity index (χ0) is 26.3. The lowest BCUT2D eigenvalue weighted by atomic mass is 9.97. The maximum absolute atomic E-state index is 13.3. The lowest BCUT2D eigenvalue weighted by Crippen LogP contribution is -2.44. The molecular weight excluding hydrogens is 482 g/mol. The fourth-order valence-corrected chi connectivity index (χ4v) is 6.09. The van der Waals surface area contributed by atoms with Crippen LogP contribution < -0.4 is 20.1 Å². The average Bonchev–Trinajstić information content (AvgIpc) is 3.50. The van der Waals surface area contributed by atoms with Crippen LogP contribution in [0.25, 0.3) is 5.82 Å². The Balaban J connectivity index is 1.67. The molecule has 2 aromatic heterocycles. The summed E-state index contributed by atoms with van der Waals surface area (Å²) in [6.45, 7) is 12.2. The molecule has 0 aliphatic carbocycles. The van der Waals surface area contributed by atoms with Crippen molar-refractivity contribution < 1.29 is 17.9 Å². The number of aromatic nitrogens is 3. The quantitative estimate of drug-likeness (QED) is 0.540. The second kappa shape index (κ2) is 9.98. The van der Waals surface area contributed by atoms with Crippen molar-refractivity contribution in [1.29, 1.82) is 0 Å². The molecule has 2 aromatic rings. The van der Waals surface area contributed by atoms with E-state index in [1.54, 1.807) is 29.1 Å². The maximum atomic E-state index is 13.3. The van der Waals surface area contributed by atoms with Gasteiger partial charge in [-0.15, -0.1) is 5.10 Å². The molecule has 2 fully saturated rings. The van der Waals surface area contributed by atoms with Gasteiger partial charge in [-0.25, -0.2) is 14.4 Å². The molecule has 2 saturated heterocycles. The highest BCUT2D eigenvalue weighted by Gasteiger charge is 2.40. The number of pyridine rings is 1. The van der Waals surface area contributed by atoms with Crippen molar-refractivity contribution in [2.45, 2.75) is 59.0 Å². The van der Waals surface area contributed by atoms with Crippen LogP contribution in [0, 0.1) is 11.8 Å². The van der Waals surface area contributed by atoms with Crippen LogP contribution in [0.2, 0.25) is 0 Å². The number of nitrogens with one attached hydrogen (secondary N) is 1. The molecule has 11 nitrogen and oxygen atoms in total. The summed E-state index contributed by atoms with van der Waals surface area (Å²) in [5.41, 5.74) is 5.79. The summed E-state index contributed by atoms with van der Waals surface area (Å²) in [6, 6.07) is 4.79. The first-order valence-corrected chi connectivity index (χ1v) is 13.8. The van der Waals surface area contributed by atoms with Crippen molar-refractivity contribution in [2.75, 3.05) is 31.1 Å². The highest BCUT2D eigenvalue weighted by Crippen LogP contribution is 2.37. The van der Waals surface area contributed by atoms with Gasteiger partial charge >= 0.3 is 10.2 Å². The number of nitrogens with two attached hydrogens (primary N) is 1. The van der Waals surface area contributed by atoms with E-state index in [1.165, 1.54) is 4.31 Å². The first-order valence-electron chi connectivity index (χ1n) is 12.4. The lowest BCUT2D eigenvalue weighted by Gasteiger charge is -2.34. The average molecular weight is 520 g/mol. The number of ether oxygens (including phenoxy) is 1. The van der Waals surface area contributed by atoms with E-state index in [2.05, 4.69) is 49.3 Å². The number of anilines is 1. The molecule has 0 bridgehead atoms. The Bertz CT molecular complexity index is 1210. The molecule has 12 heteroatoms. The smallest absolute Gasteiger partial charge is 0.304 e. The largest absolute Gasteiger partial charge is 0.476 e. The van der Waals surface area contributed by atoms with Crippen molar-refractivity contribution >= 4 is 21.9 Å². The zero-order valence-electron chi connectivity index (χ0n) is 21.6. The first-order chi connectivity index (χ1) is 16.9. The van der Waals surface area contributed by atoms with E-state index < -0.39 is 16.1 Å². The molecule has 4 rings (SSSR count). The Morgan fingerprint density at radius 2 is 2.03 bits per heavy atom. The number of hydrogen-bond donors (Lipinski definition) is 2. The zero-order valence-corrected chi connectivity index (χ0v) is 22.5. The lowest BCUT2D eigenvalue weighted by molar-refractivity contribution is 0.0979. The van der Waals surface area contributed by atoms with E-state index in [9.17, 15) is 13.2 Å². The van der Waals surface area contributed by atoms with E-state index in [-0.39, 0.29) is 30.2 Å². The molecule has 0 spiro atoms. The monoisotopic (exact) mass is 519 g/mol. The molecule has 198 valence electrons. The van der Waals surface area contributed by atoms with Crippen LogP contribution in [0.15, 0.2) is 24.4 Å². The van der Waals surface area contributed by atoms with Gasteiger partial charge in [0.05, 0.1) is 12.2 Å². The molecule has 0 saturated carbocycles. The number of rotatable bonds is 8. The van der Waals surface area contributed by atoms with Gasteiger partial charge in [-0.1, -0.05) is 20.8 Å². The van der Waals surface area contributed by atoms with Crippen molar-refractivity contribution in [3.63, 3.8) is 0 Å². The molecule has 3 N–H and O–H groups in total.